The summed E-state index contributed by atoms with van der Waals surface area (Å²) < 4.78 is 11.0. The van der Waals surface area contributed by atoms with Crippen LogP contribution < -0.4 is 14.9 Å². The number of hydrogen-bond donors (Lipinski definition) is 3. The Morgan fingerprint density at radius 2 is 2.15 bits per heavy atom. The highest BCUT2D eigenvalue weighted by Crippen LogP contribution is 2.33. The molecule has 4 rings (SSSR count). The molecule has 2 atom stereocenters. The van der Waals surface area contributed by atoms with Gasteiger partial charge in [0.15, 0.2) is 0 Å². The van der Waals surface area contributed by atoms with Crippen molar-refractivity contribution in [1.29, 1.82) is 0 Å². The van der Waals surface area contributed by atoms with Gasteiger partial charge in [-0.25, -0.2) is 9.71 Å². The molecule has 0 saturated carbocycles. The van der Waals surface area contributed by atoms with Crippen LogP contribution in [-0.2, 0) is 34.2 Å². The Labute approximate surface area is 239 Å². The molecule has 1 aromatic carbocycles. The largest absolute Gasteiger partial charge is 0.464 e. The van der Waals surface area contributed by atoms with Crippen molar-refractivity contribution in [1.82, 2.24) is 19.6 Å². The summed E-state index contributed by atoms with van der Waals surface area (Å²) in [5.41, 5.74) is 1.65. The second kappa shape index (κ2) is 13.4. The van der Waals surface area contributed by atoms with Crippen molar-refractivity contribution in [3.8, 4) is 0 Å². The second-order valence-corrected chi connectivity index (χ2v) is 11.5. The van der Waals surface area contributed by atoms with Crippen LogP contribution in [0.1, 0.15) is 34.4 Å². The number of esters is 1. The van der Waals surface area contributed by atoms with Gasteiger partial charge in [0.05, 0.1) is 15.8 Å². The minimum atomic E-state index is -0.990. The highest BCUT2D eigenvalue weighted by molar-refractivity contribution is 7.97. The normalized spacial score (nSPS) is 15.9. The van der Waals surface area contributed by atoms with Crippen molar-refractivity contribution < 1.29 is 24.2 Å². The van der Waals surface area contributed by atoms with Gasteiger partial charge in [0.2, 0.25) is 0 Å². The molecule has 0 aliphatic carbocycles. The number of nitrogens with zero attached hydrogens (tertiary/aromatic N) is 3. The predicted octanol–water partition coefficient (Wildman–Crippen LogP) is 2.98. The first-order chi connectivity index (χ1) is 18.8. The van der Waals surface area contributed by atoms with Gasteiger partial charge in [-0.1, -0.05) is 24.6 Å². The van der Waals surface area contributed by atoms with Crippen LogP contribution in [0.2, 0.25) is 4.34 Å². The number of rotatable bonds is 12. The molecule has 1 saturated heterocycles. The number of amides is 2. The Balaban J connectivity index is 1.45. The van der Waals surface area contributed by atoms with Gasteiger partial charge in [0.25, 0.3) is 11.8 Å². The molecule has 1 fully saturated rings. The van der Waals surface area contributed by atoms with E-state index < -0.39 is 18.1 Å². The van der Waals surface area contributed by atoms with Crippen LogP contribution in [0.3, 0.4) is 0 Å². The van der Waals surface area contributed by atoms with Crippen molar-refractivity contribution in [2.24, 2.45) is 7.05 Å². The van der Waals surface area contributed by atoms with E-state index in [4.69, 9.17) is 16.3 Å². The monoisotopic (exact) mass is 591 g/mol. The molecule has 1 aliphatic rings. The lowest BCUT2D eigenvalue weighted by atomic mass is 10.1. The summed E-state index contributed by atoms with van der Waals surface area (Å²) in [6.07, 6.45) is 3.98. The van der Waals surface area contributed by atoms with Gasteiger partial charge in [-0.05, 0) is 48.2 Å². The lowest BCUT2D eigenvalue weighted by Gasteiger charge is -2.23. The van der Waals surface area contributed by atoms with Gasteiger partial charge >= 0.3 is 5.97 Å². The molecule has 208 valence electrons. The van der Waals surface area contributed by atoms with E-state index in [1.807, 2.05) is 42.9 Å². The maximum Gasteiger partial charge on any atom is 0.325 e. The number of anilines is 1. The molecule has 0 spiro atoms. The van der Waals surface area contributed by atoms with E-state index in [9.17, 15) is 19.5 Å². The Morgan fingerprint density at radius 1 is 1.33 bits per heavy atom. The number of aryl methyl sites for hydroxylation is 1. The average Bonchev–Trinajstić information content (AvgIpc) is 3.64. The number of benzene rings is 1. The molecule has 3 N–H and O–H groups in total. The molecular formula is C26H30ClN5O5S2. The Bertz CT molecular complexity index is 1330. The zero-order valence-electron chi connectivity index (χ0n) is 21.6. The number of hydrogen-bond acceptors (Lipinski definition) is 9. The van der Waals surface area contributed by atoms with Gasteiger partial charge < -0.3 is 24.6 Å². The molecule has 3 aromatic rings. The van der Waals surface area contributed by atoms with Crippen molar-refractivity contribution >= 4 is 58.4 Å². The third-order valence-electron chi connectivity index (χ3n) is 6.28. The quantitative estimate of drug-likeness (QED) is 0.217. The smallest absolute Gasteiger partial charge is 0.325 e. The van der Waals surface area contributed by atoms with Crippen LogP contribution in [-0.4, -0.2) is 64.3 Å². The maximum absolute atomic E-state index is 13.1. The number of imidazole rings is 1. The van der Waals surface area contributed by atoms with Crippen LogP contribution in [0, 0.1) is 0 Å². The van der Waals surface area contributed by atoms with Crippen LogP contribution in [0.4, 0.5) is 5.69 Å². The molecule has 0 bridgehead atoms. The number of aromatic nitrogens is 2. The Kier molecular flexibility index (Phi) is 10.0. The van der Waals surface area contributed by atoms with Gasteiger partial charge in [0, 0.05) is 56.0 Å². The van der Waals surface area contributed by atoms with Crippen LogP contribution in [0.25, 0.3) is 0 Å². The molecule has 1 aliphatic heterocycles. The number of carbonyl (C=O) groups is 3. The molecule has 0 radical (unpaired) electrons. The lowest BCUT2D eigenvalue weighted by Crippen LogP contribution is -2.44. The SMILES string of the molecule is CCc1c(SN[C@@H](CNC(=O)c2ccc(Cl)s2)C(=O)OCCc2nccn2C)cccc1N1CC[C@H](O)C1=O. The average molecular weight is 592 g/mol. The Morgan fingerprint density at radius 3 is 2.79 bits per heavy atom. The first-order valence-electron chi connectivity index (χ1n) is 12.5. The zero-order chi connectivity index (χ0) is 27.9. The number of aliphatic hydroxyl groups excluding tert-OH is 1. The van der Waals surface area contributed by atoms with Gasteiger partial charge in [-0.3, -0.25) is 14.4 Å². The third-order valence-corrected chi connectivity index (χ3v) is 8.51. The molecule has 0 unspecified atom stereocenters. The molecule has 39 heavy (non-hydrogen) atoms. The third kappa shape index (κ3) is 7.20. The van der Waals surface area contributed by atoms with Crippen LogP contribution in [0.15, 0.2) is 47.6 Å². The van der Waals surface area contributed by atoms with E-state index in [1.54, 1.807) is 23.2 Å². The summed E-state index contributed by atoms with van der Waals surface area (Å²) in [7, 11) is 1.87. The molecular weight excluding hydrogens is 562 g/mol. The molecule has 10 nitrogen and oxygen atoms in total. The minimum Gasteiger partial charge on any atom is -0.464 e. The number of ether oxygens (including phenoxy) is 1. The fraction of sp³-hybridized carbons (Fsp3) is 0.385. The van der Waals surface area contributed by atoms with E-state index in [0.717, 1.165) is 33.3 Å². The number of halogens is 1. The first kappa shape index (κ1) is 29.1. The summed E-state index contributed by atoms with van der Waals surface area (Å²) in [6.45, 7) is 2.55. The number of carbonyl (C=O) groups excluding carboxylic acids is 3. The summed E-state index contributed by atoms with van der Waals surface area (Å²) in [6, 6.07) is 7.99. The Hall–Kier alpha value is -2.90. The summed E-state index contributed by atoms with van der Waals surface area (Å²) >= 11 is 8.34. The van der Waals surface area contributed by atoms with Gasteiger partial charge in [0.1, 0.15) is 18.0 Å². The van der Waals surface area contributed by atoms with E-state index >= 15 is 0 Å². The van der Waals surface area contributed by atoms with Crippen molar-refractivity contribution in [2.45, 2.75) is 43.2 Å². The molecule has 2 amide bonds. The summed E-state index contributed by atoms with van der Waals surface area (Å²) in [5, 5.41) is 12.7. The number of nitrogens with one attached hydrogen (secondary N) is 2. The standard InChI is InChI=1S/C26H30ClN5O5S2/c1-3-16-18(32-12-9-19(33)25(32)35)5-4-6-20(16)39-30-17(15-29-24(34)21-7-8-22(27)38-21)26(36)37-14-10-23-28-11-13-31(23)2/h4-8,11,13,17,19,30,33H,3,9-10,12,14-15H2,1-2H3,(H,29,34)/t17-,19-/m0/s1. The van der Waals surface area contributed by atoms with E-state index in [1.165, 1.54) is 11.9 Å². The number of aliphatic hydroxyl groups is 1. The van der Waals surface area contributed by atoms with Crippen molar-refractivity contribution in [3.05, 3.63) is 63.3 Å². The summed E-state index contributed by atoms with van der Waals surface area (Å²) in [4.78, 5) is 45.2. The fourth-order valence-electron chi connectivity index (χ4n) is 4.17. The second-order valence-electron chi connectivity index (χ2n) is 8.86. The van der Waals surface area contributed by atoms with Gasteiger partial charge in [-0.15, -0.1) is 11.3 Å². The van der Waals surface area contributed by atoms with E-state index in [-0.39, 0.29) is 25.0 Å². The molecule has 13 heteroatoms. The maximum atomic E-state index is 13.1. The topological polar surface area (TPSA) is 126 Å². The molecule has 3 heterocycles. The summed E-state index contributed by atoms with van der Waals surface area (Å²) in [5.74, 6) is -0.388. The van der Waals surface area contributed by atoms with E-state index in [0.29, 0.717) is 35.0 Å². The zero-order valence-corrected chi connectivity index (χ0v) is 23.9. The van der Waals surface area contributed by atoms with Crippen LogP contribution in [0.5, 0.6) is 0 Å². The van der Waals surface area contributed by atoms with Gasteiger partial charge in [-0.2, -0.15) is 0 Å². The van der Waals surface area contributed by atoms with E-state index in [2.05, 4.69) is 15.0 Å². The van der Waals surface area contributed by atoms with Crippen molar-refractivity contribution in [2.75, 3.05) is 24.6 Å². The minimum absolute atomic E-state index is 0.0134. The molecule has 2 aromatic heterocycles. The highest BCUT2D eigenvalue weighted by atomic mass is 35.5. The lowest BCUT2D eigenvalue weighted by molar-refractivity contribution is -0.145. The first-order valence-corrected chi connectivity index (χ1v) is 14.5. The highest BCUT2D eigenvalue weighted by Gasteiger charge is 2.32. The predicted molar refractivity (Wildman–Crippen MR) is 151 cm³/mol. The van der Waals surface area contributed by atoms with Crippen molar-refractivity contribution in [3.63, 3.8) is 0 Å². The number of thiophene rings is 1. The fourth-order valence-corrected chi connectivity index (χ4v) is 6.10. The van der Waals surface area contributed by atoms with Crippen LogP contribution >= 0.6 is 34.9 Å².